The van der Waals surface area contributed by atoms with E-state index in [0.717, 1.165) is 5.52 Å². The zero-order valence-electron chi connectivity index (χ0n) is 18.5. The molecule has 0 radical (unpaired) electrons. The van der Waals surface area contributed by atoms with E-state index in [0.29, 0.717) is 69.6 Å². The number of halogens is 1. The molecule has 2 aromatic carbocycles. The third kappa shape index (κ3) is 3.42. The summed E-state index contributed by atoms with van der Waals surface area (Å²) in [6.45, 7) is 2.78. The van der Waals surface area contributed by atoms with E-state index in [-0.39, 0.29) is 5.56 Å². The second-order valence-corrected chi connectivity index (χ2v) is 7.98. The van der Waals surface area contributed by atoms with Crippen LogP contribution in [0.15, 0.2) is 47.3 Å². The maximum absolute atomic E-state index is 13.7. The number of methoxy groups -OCH3 is 2. The van der Waals surface area contributed by atoms with Gasteiger partial charge in [0.2, 0.25) is 0 Å². The van der Waals surface area contributed by atoms with Crippen LogP contribution in [0.25, 0.3) is 38.9 Å². The average molecular weight is 464 g/mol. The Labute approximate surface area is 194 Å². The Bertz CT molecular complexity index is 1570. The topological polar surface area (TPSA) is 84.1 Å². The number of aromatic nitrogens is 5. The molecule has 3 aromatic heterocycles. The Morgan fingerprint density at radius 1 is 1.00 bits per heavy atom. The van der Waals surface area contributed by atoms with Crippen LogP contribution in [0.4, 0.5) is 0 Å². The molecule has 0 saturated carbocycles. The minimum Gasteiger partial charge on any atom is -0.495 e. The highest BCUT2D eigenvalue weighted by Gasteiger charge is 2.23. The SMILES string of the molecule is CCc1nc2c(c(=O)n1CCOC)c1nc3ccccc3nc1n2-c1ccc(OC)c(Cl)c1. The highest BCUT2D eigenvalue weighted by atomic mass is 35.5. The van der Waals surface area contributed by atoms with Gasteiger partial charge < -0.3 is 9.47 Å². The molecule has 5 rings (SSSR count). The van der Waals surface area contributed by atoms with Crippen LogP contribution in [-0.2, 0) is 17.7 Å². The molecule has 8 nitrogen and oxygen atoms in total. The Kier molecular flexibility index (Phi) is 5.47. The summed E-state index contributed by atoms with van der Waals surface area (Å²) < 4.78 is 14.0. The van der Waals surface area contributed by atoms with Crippen LogP contribution in [0.1, 0.15) is 12.7 Å². The maximum Gasteiger partial charge on any atom is 0.265 e. The second kappa shape index (κ2) is 8.46. The lowest BCUT2D eigenvalue weighted by molar-refractivity contribution is 0.185. The highest BCUT2D eigenvalue weighted by Crippen LogP contribution is 2.32. The lowest BCUT2D eigenvalue weighted by Crippen LogP contribution is -2.27. The molecule has 0 bridgehead atoms. The number of hydrogen-bond acceptors (Lipinski definition) is 6. The standard InChI is InChI=1S/C24H22ClN5O3/c1-4-19-28-22-20(24(31)29(19)11-12-32-2)21-23(27-17-8-6-5-7-16(17)26-21)30(22)14-9-10-18(33-3)15(25)13-14/h5-10,13H,4,11-12H2,1-3H3. The number of nitrogens with zero attached hydrogens (tertiary/aromatic N) is 5. The maximum atomic E-state index is 13.7. The lowest BCUT2D eigenvalue weighted by Gasteiger charge is -2.12. The molecule has 0 spiro atoms. The van der Waals surface area contributed by atoms with Crippen LogP contribution in [-0.4, -0.2) is 44.9 Å². The number of aryl methyl sites for hydroxylation is 1. The van der Waals surface area contributed by atoms with Gasteiger partial charge in [-0.25, -0.2) is 15.0 Å². The first-order valence-corrected chi connectivity index (χ1v) is 11.0. The average Bonchev–Trinajstić information content (AvgIpc) is 3.14. The molecule has 0 fully saturated rings. The van der Waals surface area contributed by atoms with E-state index in [1.165, 1.54) is 0 Å². The summed E-state index contributed by atoms with van der Waals surface area (Å²) in [5.41, 5.74) is 3.53. The van der Waals surface area contributed by atoms with Crippen molar-refractivity contribution in [2.45, 2.75) is 19.9 Å². The van der Waals surface area contributed by atoms with Crippen molar-refractivity contribution in [3.05, 3.63) is 63.7 Å². The monoisotopic (exact) mass is 463 g/mol. The van der Waals surface area contributed by atoms with Crippen molar-refractivity contribution in [2.24, 2.45) is 0 Å². The molecule has 0 saturated heterocycles. The fourth-order valence-corrected chi connectivity index (χ4v) is 4.34. The predicted molar refractivity (Wildman–Crippen MR) is 129 cm³/mol. The zero-order chi connectivity index (χ0) is 23.1. The number of hydrogen-bond donors (Lipinski definition) is 0. The van der Waals surface area contributed by atoms with E-state index in [1.54, 1.807) is 30.9 Å². The van der Waals surface area contributed by atoms with E-state index < -0.39 is 0 Å². The van der Waals surface area contributed by atoms with Crippen molar-refractivity contribution in [3.63, 3.8) is 0 Å². The highest BCUT2D eigenvalue weighted by molar-refractivity contribution is 6.32. The molecule has 5 aromatic rings. The van der Waals surface area contributed by atoms with Gasteiger partial charge in [-0.05, 0) is 30.3 Å². The summed E-state index contributed by atoms with van der Waals surface area (Å²) in [5.74, 6) is 1.22. The first kappa shape index (κ1) is 21.4. The Morgan fingerprint density at radius 3 is 2.42 bits per heavy atom. The summed E-state index contributed by atoms with van der Waals surface area (Å²) in [6.07, 6.45) is 0.586. The van der Waals surface area contributed by atoms with Gasteiger partial charge in [0.05, 0.1) is 42.0 Å². The van der Waals surface area contributed by atoms with Crippen molar-refractivity contribution in [2.75, 3.05) is 20.8 Å². The van der Waals surface area contributed by atoms with E-state index in [2.05, 4.69) is 0 Å². The van der Waals surface area contributed by atoms with Crippen molar-refractivity contribution >= 4 is 44.8 Å². The number of fused-ring (bicyclic) bond motifs is 4. The summed E-state index contributed by atoms with van der Waals surface area (Å²) in [7, 11) is 3.18. The lowest BCUT2D eigenvalue weighted by atomic mass is 10.3. The summed E-state index contributed by atoms with van der Waals surface area (Å²) in [6, 6.07) is 13.0. The van der Waals surface area contributed by atoms with Gasteiger partial charge in [0, 0.05) is 13.5 Å². The molecular formula is C24H22ClN5O3. The minimum atomic E-state index is -0.165. The molecule has 0 aliphatic heterocycles. The smallest absolute Gasteiger partial charge is 0.265 e. The predicted octanol–water partition coefficient (Wildman–Crippen LogP) is 4.15. The molecule has 168 valence electrons. The molecule has 9 heteroatoms. The Morgan fingerprint density at radius 2 is 1.76 bits per heavy atom. The van der Waals surface area contributed by atoms with Crippen molar-refractivity contribution in [1.82, 2.24) is 24.1 Å². The van der Waals surface area contributed by atoms with Gasteiger partial charge in [0.1, 0.15) is 22.5 Å². The molecule has 0 atom stereocenters. The van der Waals surface area contributed by atoms with Gasteiger partial charge >= 0.3 is 0 Å². The number of benzene rings is 2. The largest absolute Gasteiger partial charge is 0.495 e. The van der Waals surface area contributed by atoms with Crippen LogP contribution in [0, 0.1) is 0 Å². The molecule has 0 aliphatic carbocycles. The Balaban J connectivity index is 1.95. The summed E-state index contributed by atoms with van der Waals surface area (Å²) >= 11 is 6.44. The van der Waals surface area contributed by atoms with Gasteiger partial charge in [-0.2, -0.15) is 0 Å². The van der Waals surface area contributed by atoms with E-state index in [4.69, 9.17) is 36.0 Å². The molecule has 0 N–H and O–H groups in total. The Hall–Kier alpha value is -3.49. The van der Waals surface area contributed by atoms with Gasteiger partial charge in [-0.1, -0.05) is 30.7 Å². The molecule has 3 heterocycles. The third-order valence-electron chi connectivity index (χ3n) is 5.67. The molecule has 0 amide bonds. The van der Waals surface area contributed by atoms with Crippen LogP contribution in [0.3, 0.4) is 0 Å². The zero-order valence-corrected chi connectivity index (χ0v) is 19.3. The van der Waals surface area contributed by atoms with Crippen LogP contribution in [0.5, 0.6) is 5.75 Å². The number of rotatable bonds is 6. The summed E-state index contributed by atoms with van der Waals surface area (Å²) in [5, 5.41) is 0.867. The first-order chi connectivity index (χ1) is 16.1. The van der Waals surface area contributed by atoms with Crippen molar-refractivity contribution < 1.29 is 9.47 Å². The molecular weight excluding hydrogens is 442 g/mol. The van der Waals surface area contributed by atoms with Gasteiger partial charge in [-0.15, -0.1) is 0 Å². The molecule has 33 heavy (non-hydrogen) atoms. The fourth-order valence-electron chi connectivity index (χ4n) is 4.09. The fraction of sp³-hybridized carbons (Fsp3) is 0.250. The number of ether oxygens (including phenoxy) is 2. The first-order valence-electron chi connectivity index (χ1n) is 10.6. The van der Waals surface area contributed by atoms with Crippen molar-refractivity contribution in [3.8, 4) is 11.4 Å². The van der Waals surface area contributed by atoms with Crippen LogP contribution in [0.2, 0.25) is 5.02 Å². The van der Waals surface area contributed by atoms with E-state index in [1.807, 2.05) is 41.8 Å². The van der Waals surface area contributed by atoms with E-state index in [9.17, 15) is 4.79 Å². The summed E-state index contributed by atoms with van der Waals surface area (Å²) in [4.78, 5) is 28.3. The minimum absolute atomic E-state index is 0.165. The molecule has 0 unspecified atom stereocenters. The van der Waals surface area contributed by atoms with Crippen molar-refractivity contribution in [1.29, 1.82) is 0 Å². The van der Waals surface area contributed by atoms with Gasteiger partial charge in [0.25, 0.3) is 5.56 Å². The molecule has 0 aliphatic rings. The second-order valence-electron chi connectivity index (χ2n) is 7.57. The third-order valence-corrected chi connectivity index (χ3v) is 5.97. The van der Waals surface area contributed by atoms with Gasteiger partial charge in [-0.3, -0.25) is 13.9 Å². The quantitative estimate of drug-likeness (QED) is 0.376. The number of para-hydroxylation sites is 2. The van der Waals surface area contributed by atoms with E-state index >= 15 is 0 Å². The van der Waals surface area contributed by atoms with Crippen LogP contribution < -0.4 is 10.3 Å². The normalized spacial score (nSPS) is 11.6. The van der Waals surface area contributed by atoms with Gasteiger partial charge in [0.15, 0.2) is 11.3 Å². The van der Waals surface area contributed by atoms with Crippen LogP contribution >= 0.6 is 11.6 Å².